The predicted molar refractivity (Wildman–Crippen MR) is 152 cm³/mol. The molecule has 11 heteroatoms. The number of hydrogen-bond donors (Lipinski definition) is 3. The number of nitrogens with one attached hydrogen (secondary N) is 2. The molecule has 0 aromatic heterocycles. The number of anilines is 2. The van der Waals surface area contributed by atoms with Gasteiger partial charge in [-0.1, -0.05) is 6.07 Å². The molecule has 0 heterocycles. The maximum atomic E-state index is 14.1. The van der Waals surface area contributed by atoms with E-state index in [0.29, 0.717) is 29.7 Å². The summed E-state index contributed by atoms with van der Waals surface area (Å²) < 4.78 is 32.4. The lowest BCUT2D eigenvalue weighted by molar-refractivity contribution is -0.139. The van der Waals surface area contributed by atoms with Gasteiger partial charge < -0.3 is 20.5 Å². The van der Waals surface area contributed by atoms with E-state index in [1.165, 1.54) is 12.1 Å². The molecule has 42 heavy (non-hydrogen) atoms. The van der Waals surface area contributed by atoms with Crippen molar-refractivity contribution in [3.8, 4) is 0 Å². The second-order valence-electron chi connectivity index (χ2n) is 10.7. The highest BCUT2D eigenvalue weighted by atomic mass is 19.1. The molecular formula is C31H29F2N3O6. The van der Waals surface area contributed by atoms with Gasteiger partial charge in [0, 0.05) is 41.2 Å². The van der Waals surface area contributed by atoms with E-state index in [4.69, 9.17) is 4.74 Å². The number of halogens is 2. The molecule has 2 amide bonds. The van der Waals surface area contributed by atoms with Gasteiger partial charge in [-0.25, -0.2) is 13.6 Å². The lowest BCUT2D eigenvalue weighted by Gasteiger charge is -2.17. The lowest BCUT2D eigenvalue weighted by Crippen LogP contribution is -2.34. The Morgan fingerprint density at radius 2 is 1.74 bits per heavy atom. The summed E-state index contributed by atoms with van der Waals surface area (Å²) in [7, 11) is 0. The Labute approximate surface area is 240 Å². The van der Waals surface area contributed by atoms with Crippen molar-refractivity contribution in [1.29, 1.82) is 0 Å². The number of ether oxygens (including phenoxy) is 1. The first kappa shape index (κ1) is 30.0. The Bertz CT molecular complexity index is 1600. The minimum atomic E-state index is -1.30. The zero-order chi connectivity index (χ0) is 30.6. The highest BCUT2D eigenvalue weighted by Gasteiger charge is 2.24. The van der Waals surface area contributed by atoms with Gasteiger partial charge in [0.15, 0.2) is 5.78 Å². The number of benzene rings is 3. The summed E-state index contributed by atoms with van der Waals surface area (Å²) >= 11 is 0. The number of amides is 2. The van der Waals surface area contributed by atoms with Gasteiger partial charge in [0.2, 0.25) is 0 Å². The van der Waals surface area contributed by atoms with Gasteiger partial charge in [0.05, 0.1) is 5.69 Å². The molecule has 9 nitrogen and oxygen atoms in total. The number of aliphatic imine (C=N–C) groups is 1. The fourth-order valence-corrected chi connectivity index (χ4v) is 4.36. The normalized spacial score (nSPS) is 13.5. The second kappa shape index (κ2) is 12.3. The van der Waals surface area contributed by atoms with Gasteiger partial charge in [-0.05, 0) is 87.2 Å². The van der Waals surface area contributed by atoms with Crippen molar-refractivity contribution >= 4 is 41.3 Å². The van der Waals surface area contributed by atoms with Gasteiger partial charge in [0.1, 0.15) is 23.2 Å². The number of carboxylic acid groups (broad SMARTS) is 1. The minimum Gasteiger partial charge on any atom is -0.481 e. The van der Waals surface area contributed by atoms with E-state index in [2.05, 4.69) is 15.6 Å². The number of hydrogen-bond acceptors (Lipinski definition) is 6. The Morgan fingerprint density at radius 1 is 1.00 bits per heavy atom. The number of carbonyl (C=O) groups excluding carboxylic acids is 3. The van der Waals surface area contributed by atoms with Crippen molar-refractivity contribution in [2.24, 2.45) is 10.9 Å². The smallest absolute Gasteiger partial charge is 0.433 e. The number of rotatable bonds is 7. The van der Waals surface area contributed by atoms with Crippen LogP contribution in [-0.2, 0) is 22.4 Å². The summed E-state index contributed by atoms with van der Waals surface area (Å²) in [6.07, 6.45) is 0.974. The van der Waals surface area contributed by atoms with Crippen molar-refractivity contribution < 1.29 is 37.8 Å². The summed E-state index contributed by atoms with van der Waals surface area (Å²) in [5.74, 6) is -4.92. The van der Waals surface area contributed by atoms with Crippen molar-refractivity contribution in [2.45, 2.75) is 39.2 Å². The third kappa shape index (κ3) is 7.42. The average Bonchev–Trinajstić information content (AvgIpc) is 3.04. The SMILES string of the molecule is CC(C)(C)OC(=O)/N=C/C(CNC(=O)c1ccc2c(c1)C(=O)c1ccc(Nc3ccc(F)cc3F)cc1CC2)C(=O)O. The van der Waals surface area contributed by atoms with Crippen LogP contribution in [0.15, 0.2) is 59.6 Å². The van der Waals surface area contributed by atoms with Crippen LogP contribution in [0.1, 0.15) is 58.2 Å². The Morgan fingerprint density at radius 3 is 2.43 bits per heavy atom. The number of carboxylic acids is 1. The molecule has 0 spiro atoms. The number of ketones is 1. The van der Waals surface area contributed by atoms with Crippen LogP contribution in [0.2, 0.25) is 0 Å². The van der Waals surface area contributed by atoms with Crippen LogP contribution in [-0.4, -0.2) is 47.2 Å². The van der Waals surface area contributed by atoms with Gasteiger partial charge in [0.25, 0.3) is 5.91 Å². The van der Waals surface area contributed by atoms with E-state index < -0.39 is 41.1 Å². The molecule has 1 atom stereocenters. The minimum absolute atomic E-state index is 0.0940. The largest absolute Gasteiger partial charge is 0.481 e. The Balaban J connectivity index is 1.47. The molecule has 3 aromatic rings. The molecule has 1 unspecified atom stereocenters. The zero-order valence-corrected chi connectivity index (χ0v) is 23.2. The molecule has 1 aliphatic carbocycles. The third-order valence-electron chi connectivity index (χ3n) is 6.39. The van der Waals surface area contributed by atoms with Crippen LogP contribution in [0.3, 0.4) is 0 Å². The van der Waals surface area contributed by atoms with Crippen molar-refractivity contribution in [1.82, 2.24) is 5.32 Å². The Kier molecular flexibility index (Phi) is 8.79. The zero-order valence-electron chi connectivity index (χ0n) is 23.2. The standard InChI is InChI=1S/C31H29F2N3O6/c1-31(2,3)42-30(41)35-16-20(29(39)40)15-34-28(38)19-7-5-17-4-6-18-12-22(9-10-23(18)27(37)24(17)13-19)36-26-11-8-21(32)14-25(26)33/h5,7-14,16,20,36H,4,6,15H2,1-3H3,(H,34,38)(H,39,40)/b35-16+. The fraction of sp³-hybridized carbons (Fsp3) is 0.258. The van der Waals surface area contributed by atoms with E-state index in [9.17, 15) is 33.1 Å². The molecular weight excluding hydrogens is 548 g/mol. The molecule has 0 saturated heterocycles. The molecule has 4 rings (SSSR count). The van der Waals surface area contributed by atoms with E-state index in [1.54, 1.807) is 51.1 Å². The highest BCUT2D eigenvalue weighted by Crippen LogP contribution is 2.29. The summed E-state index contributed by atoms with van der Waals surface area (Å²) in [6, 6.07) is 12.9. The first-order valence-electron chi connectivity index (χ1n) is 13.1. The van der Waals surface area contributed by atoms with Crippen LogP contribution in [0, 0.1) is 17.6 Å². The second-order valence-corrected chi connectivity index (χ2v) is 10.7. The quantitative estimate of drug-likeness (QED) is 0.317. The molecule has 0 saturated carbocycles. The first-order valence-corrected chi connectivity index (χ1v) is 13.1. The fourth-order valence-electron chi connectivity index (χ4n) is 4.36. The van der Waals surface area contributed by atoms with Crippen molar-refractivity contribution in [3.05, 3.63) is 94.0 Å². The molecule has 1 aliphatic rings. The predicted octanol–water partition coefficient (Wildman–Crippen LogP) is 5.47. The van der Waals surface area contributed by atoms with Gasteiger partial charge in [-0.15, -0.1) is 0 Å². The maximum Gasteiger partial charge on any atom is 0.433 e. The summed E-state index contributed by atoms with van der Waals surface area (Å²) in [5, 5.41) is 14.9. The average molecular weight is 578 g/mol. The molecule has 0 bridgehead atoms. The monoisotopic (exact) mass is 577 g/mol. The van der Waals surface area contributed by atoms with Crippen LogP contribution in [0.25, 0.3) is 0 Å². The summed E-state index contributed by atoms with van der Waals surface area (Å²) in [4.78, 5) is 53.3. The van der Waals surface area contributed by atoms with E-state index in [-0.39, 0.29) is 23.6 Å². The maximum absolute atomic E-state index is 14.1. The lowest BCUT2D eigenvalue weighted by atomic mass is 9.96. The number of carbonyl (C=O) groups is 4. The number of aryl methyl sites for hydroxylation is 2. The molecule has 0 fully saturated rings. The molecule has 3 N–H and O–H groups in total. The molecule has 0 radical (unpaired) electrons. The number of aliphatic carboxylic acids is 1. The Hall–Kier alpha value is -4.93. The van der Waals surface area contributed by atoms with E-state index >= 15 is 0 Å². The van der Waals surface area contributed by atoms with E-state index in [0.717, 1.165) is 29.5 Å². The topological polar surface area (TPSA) is 134 Å². The molecule has 3 aromatic carbocycles. The molecule has 0 aliphatic heterocycles. The third-order valence-corrected chi connectivity index (χ3v) is 6.39. The summed E-state index contributed by atoms with van der Waals surface area (Å²) in [6.45, 7) is 4.59. The first-order chi connectivity index (χ1) is 19.8. The summed E-state index contributed by atoms with van der Waals surface area (Å²) in [5.41, 5.74) is 2.21. The van der Waals surface area contributed by atoms with Crippen LogP contribution >= 0.6 is 0 Å². The van der Waals surface area contributed by atoms with Crippen molar-refractivity contribution in [2.75, 3.05) is 11.9 Å². The van der Waals surface area contributed by atoms with Gasteiger partial charge in [-0.3, -0.25) is 14.4 Å². The van der Waals surface area contributed by atoms with E-state index in [1.807, 2.05) is 0 Å². The van der Waals surface area contributed by atoms with Crippen LogP contribution in [0.5, 0.6) is 0 Å². The number of fused-ring (bicyclic) bond motifs is 2. The highest BCUT2D eigenvalue weighted by molar-refractivity contribution is 6.12. The van der Waals surface area contributed by atoms with Gasteiger partial charge >= 0.3 is 12.1 Å². The van der Waals surface area contributed by atoms with Gasteiger partial charge in [-0.2, -0.15) is 4.99 Å². The van der Waals surface area contributed by atoms with Crippen LogP contribution in [0.4, 0.5) is 25.0 Å². The van der Waals surface area contributed by atoms with Crippen molar-refractivity contribution in [3.63, 3.8) is 0 Å². The molecule has 218 valence electrons. The van der Waals surface area contributed by atoms with Crippen LogP contribution < -0.4 is 10.6 Å². The number of nitrogens with zero attached hydrogens (tertiary/aromatic N) is 1.